The minimum Gasteiger partial charge on any atom is -0.444 e. The molecule has 26 heavy (non-hydrogen) atoms. The third-order valence-corrected chi connectivity index (χ3v) is 4.28. The fourth-order valence-electron chi connectivity index (χ4n) is 3.01. The van der Waals surface area contributed by atoms with E-state index in [2.05, 4.69) is 23.3 Å². The Kier molecular flexibility index (Phi) is 7.46. The fourth-order valence-corrected chi connectivity index (χ4v) is 3.01. The molecule has 2 rings (SSSR count). The van der Waals surface area contributed by atoms with Gasteiger partial charge >= 0.3 is 6.09 Å². The molecule has 7 heteroatoms. The number of carbonyl (C=O) groups is 1. The minimum atomic E-state index is -0.470. The van der Waals surface area contributed by atoms with Crippen LogP contribution in [0.4, 0.5) is 4.79 Å². The van der Waals surface area contributed by atoms with Crippen LogP contribution in [0.3, 0.4) is 0 Å². The van der Waals surface area contributed by atoms with Crippen molar-refractivity contribution in [1.82, 2.24) is 20.0 Å². The molecule has 1 aromatic heterocycles. The SMILES string of the molecule is CCc1nn(C2CCCCO2)cc1CN(C)CCNC(=O)OC(C)(C)C. The van der Waals surface area contributed by atoms with Gasteiger partial charge in [0.25, 0.3) is 0 Å². The Morgan fingerprint density at radius 2 is 2.23 bits per heavy atom. The highest BCUT2D eigenvalue weighted by Gasteiger charge is 2.19. The molecule has 0 bridgehead atoms. The number of amides is 1. The van der Waals surface area contributed by atoms with Crippen LogP contribution in [0.2, 0.25) is 0 Å². The molecule has 1 atom stereocenters. The predicted molar refractivity (Wildman–Crippen MR) is 101 cm³/mol. The lowest BCUT2D eigenvalue weighted by Crippen LogP contribution is -2.36. The van der Waals surface area contributed by atoms with Crippen LogP contribution in [0, 0.1) is 0 Å². The van der Waals surface area contributed by atoms with Crippen molar-refractivity contribution in [2.24, 2.45) is 0 Å². The monoisotopic (exact) mass is 366 g/mol. The molecule has 1 saturated heterocycles. The molecule has 1 N–H and O–H groups in total. The van der Waals surface area contributed by atoms with Gasteiger partial charge in [-0.2, -0.15) is 5.10 Å². The molecular weight excluding hydrogens is 332 g/mol. The number of hydrogen-bond acceptors (Lipinski definition) is 5. The average Bonchev–Trinajstić information content (AvgIpc) is 2.97. The van der Waals surface area contributed by atoms with Crippen LogP contribution < -0.4 is 5.32 Å². The topological polar surface area (TPSA) is 68.6 Å². The Labute approximate surface area is 157 Å². The van der Waals surface area contributed by atoms with Gasteiger partial charge in [0.2, 0.25) is 0 Å². The number of aryl methyl sites for hydroxylation is 1. The predicted octanol–water partition coefficient (Wildman–Crippen LogP) is 3.10. The van der Waals surface area contributed by atoms with Gasteiger partial charge in [-0.3, -0.25) is 0 Å². The van der Waals surface area contributed by atoms with E-state index < -0.39 is 5.60 Å². The summed E-state index contributed by atoms with van der Waals surface area (Å²) < 4.78 is 13.1. The smallest absolute Gasteiger partial charge is 0.407 e. The molecule has 0 spiro atoms. The highest BCUT2D eigenvalue weighted by atomic mass is 16.6. The number of rotatable bonds is 7. The Balaban J connectivity index is 1.83. The van der Waals surface area contributed by atoms with Gasteiger partial charge in [-0.05, 0) is 53.5 Å². The lowest BCUT2D eigenvalue weighted by atomic mass is 10.2. The van der Waals surface area contributed by atoms with Crippen LogP contribution in [0.5, 0.6) is 0 Å². The van der Waals surface area contributed by atoms with Crippen molar-refractivity contribution >= 4 is 6.09 Å². The Hall–Kier alpha value is -1.60. The molecule has 1 aliphatic heterocycles. The van der Waals surface area contributed by atoms with Crippen molar-refractivity contribution in [1.29, 1.82) is 0 Å². The standard InChI is InChI=1S/C19H34N4O3/c1-6-16-15(14-23(21-16)17-9-7-8-12-25-17)13-22(5)11-10-20-18(24)26-19(2,3)4/h14,17H,6-13H2,1-5H3,(H,20,24). The maximum absolute atomic E-state index is 11.7. The van der Waals surface area contributed by atoms with Crippen LogP contribution in [-0.2, 0) is 22.4 Å². The molecule has 0 aliphatic carbocycles. The van der Waals surface area contributed by atoms with Crippen LogP contribution in [0.15, 0.2) is 6.20 Å². The van der Waals surface area contributed by atoms with Gasteiger partial charge in [0.05, 0.1) is 5.69 Å². The summed E-state index contributed by atoms with van der Waals surface area (Å²) in [6.07, 6.45) is 6.08. The van der Waals surface area contributed by atoms with E-state index in [-0.39, 0.29) is 12.3 Å². The molecule has 148 valence electrons. The van der Waals surface area contributed by atoms with Gasteiger partial charge in [0, 0.05) is 38.0 Å². The number of alkyl carbamates (subject to hydrolysis) is 1. The molecule has 1 aromatic rings. The fraction of sp³-hybridized carbons (Fsp3) is 0.789. The van der Waals surface area contributed by atoms with Crippen LogP contribution in [0.1, 0.15) is 64.4 Å². The molecular formula is C19H34N4O3. The maximum atomic E-state index is 11.7. The van der Waals surface area contributed by atoms with E-state index in [1.165, 1.54) is 12.0 Å². The Bertz CT molecular complexity index is 574. The van der Waals surface area contributed by atoms with Gasteiger partial charge in [0.1, 0.15) is 11.8 Å². The van der Waals surface area contributed by atoms with E-state index in [0.29, 0.717) is 6.54 Å². The Morgan fingerprint density at radius 1 is 1.46 bits per heavy atom. The molecule has 0 saturated carbocycles. The summed E-state index contributed by atoms with van der Waals surface area (Å²) >= 11 is 0. The van der Waals surface area contributed by atoms with Gasteiger partial charge in [-0.1, -0.05) is 6.92 Å². The zero-order chi connectivity index (χ0) is 19.2. The summed E-state index contributed by atoms with van der Waals surface area (Å²) in [5, 5.41) is 7.53. The maximum Gasteiger partial charge on any atom is 0.407 e. The summed E-state index contributed by atoms with van der Waals surface area (Å²) in [7, 11) is 2.05. The lowest BCUT2D eigenvalue weighted by Gasteiger charge is -2.22. The van der Waals surface area contributed by atoms with E-state index >= 15 is 0 Å². The second kappa shape index (κ2) is 9.37. The highest BCUT2D eigenvalue weighted by Crippen LogP contribution is 2.23. The van der Waals surface area contributed by atoms with Gasteiger partial charge in [-0.15, -0.1) is 0 Å². The van der Waals surface area contributed by atoms with E-state index in [0.717, 1.165) is 44.7 Å². The largest absolute Gasteiger partial charge is 0.444 e. The van der Waals surface area contributed by atoms with Crippen molar-refractivity contribution in [2.45, 2.75) is 71.8 Å². The van der Waals surface area contributed by atoms with Crippen LogP contribution >= 0.6 is 0 Å². The number of nitrogens with zero attached hydrogens (tertiary/aromatic N) is 3. The van der Waals surface area contributed by atoms with Crippen molar-refractivity contribution in [3.05, 3.63) is 17.5 Å². The number of nitrogens with one attached hydrogen (secondary N) is 1. The number of ether oxygens (including phenoxy) is 2. The Morgan fingerprint density at radius 3 is 2.85 bits per heavy atom. The summed E-state index contributed by atoms with van der Waals surface area (Å²) in [6, 6.07) is 0. The summed E-state index contributed by atoms with van der Waals surface area (Å²) in [6.45, 7) is 10.6. The van der Waals surface area contributed by atoms with Crippen LogP contribution in [-0.4, -0.2) is 53.1 Å². The summed E-state index contributed by atoms with van der Waals surface area (Å²) in [5.41, 5.74) is 1.87. The number of hydrogen-bond donors (Lipinski definition) is 1. The molecule has 0 radical (unpaired) electrons. The molecule has 1 fully saturated rings. The van der Waals surface area contributed by atoms with Crippen molar-refractivity contribution < 1.29 is 14.3 Å². The molecule has 1 aliphatic rings. The molecule has 1 unspecified atom stereocenters. The second-order valence-corrected chi connectivity index (χ2v) is 7.92. The first-order valence-corrected chi connectivity index (χ1v) is 9.62. The normalized spacial score (nSPS) is 18.2. The molecule has 2 heterocycles. The van der Waals surface area contributed by atoms with Crippen molar-refractivity contribution in [3.8, 4) is 0 Å². The van der Waals surface area contributed by atoms with E-state index in [4.69, 9.17) is 14.6 Å². The van der Waals surface area contributed by atoms with E-state index in [1.54, 1.807) is 0 Å². The molecule has 0 aromatic carbocycles. The minimum absolute atomic E-state index is 0.0712. The third kappa shape index (κ3) is 6.61. The zero-order valence-electron chi connectivity index (χ0n) is 16.9. The average molecular weight is 367 g/mol. The van der Waals surface area contributed by atoms with E-state index in [9.17, 15) is 4.79 Å². The number of likely N-dealkylation sites (N-methyl/N-ethyl adjacent to an activating group) is 1. The zero-order valence-corrected chi connectivity index (χ0v) is 16.9. The molecule has 1 amide bonds. The quantitative estimate of drug-likeness (QED) is 0.803. The highest BCUT2D eigenvalue weighted by molar-refractivity contribution is 5.67. The third-order valence-electron chi connectivity index (χ3n) is 4.28. The van der Waals surface area contributed by atoms with E-state index in [1.807, 2.05) is 32.5 Å². The van der Waals surface area contributed by atoms with Gasteiger partial charge in [0.15, 0.2) is 0 Å². The van der Waals surface area contributed by atoms with Gasteiger partial charge < -0.3 is 19.7 Å². The first kappa shape index (κ1) is 20.7. The summed E-state index contributed by atoms with van der Waals surface area (Å²) in [5.74, 6) is 0. The van der Waals surface area contributed by atoms with Crippen LogP contribution in [0.25, 0.3) is 0 Å². The first-order valence-electron chi connectivity index (χ1n) is 9.62. The van der Waals surface area contributed by atoms with Gasteiger partial charge in [-0.25, -0.2) is 9.48 Å². The lowest BCUT2D eigenvalue weighted by molar-refractivity contribution is -0.0397. The summed E-state index contributed by atoms with van der Waals surface area (Å²) in [4.78, 5) is 13.9. The van der Waals surface area contributed by atoms with Crippen molar-refractivity contribution in [2.75, 3.05) is 26.7 Å². The first-order chi connectivity index (χ1) is 12.3. The number of aromatic nitrogens is 2. The van der Waals surface area contributed by atoms with Crippen molar-refractivity contribution in [3.63, 3.8) is 0 Å². The second-order valence-electron chi connectivity index (χ2n) is 7.92. The molecule has 7 nitrogen and oxygen atoms in total. The number of carbonyl (C=O) groups excluding carboxylic acids is 1.